The lowest BCUT2D eigenvalue weighted by molar-refractivity contribution is -0.128. The first-order valence-electron chi connectivity index (χ1n) is 9.32. The molecule has 5 nitrogen and oxygen atoms in total. The highest BCUT2D eigenvalue weighted by Crippen LogP contribution is 2.28. The van der Waals surface area contributed by atoms with E-state index < -0.39 is 11.4 Å². The van der Waals surface area contributed by atoms with Gasteiger partial charge in [-0.15, -0.1) is 10.9 Å². The van der Waals surface area contributed by atoms with E-state index in [-0.39, 0.29) is 5.91 Å². The van der Waals surface area contributed by atoms with E-state index in [0.717, 1.165) is 27.3 Å². The maximum absolute atomic E-state index is 13.0. The van der Waals surface area contributed by atoms with Crippen molar-refractivity contribution in [1.29, 1.82) is 0 Å². The molecule has 0 saturated heterocycles. The number of benzene rings is 2. The highest BCUT2D eigenvalue weighted by Gasteiger charge is 2.26. The second kappa shape index (κ2) is 9.28. The lowest BCUT2D eigenvalue weighted by Gasteiger charge is -2.22. The number of rotatable bonds is 6. The van der Waals surface area contributed by atoms with Gasteiger partial charge >= 0.3 is 0 Å². The van der Waals surface area contributed by atoms with Crippen molar-refractivity contribution in [2.45, 2.75) is 31.8 Å². The van der Waals surface area contributed by atoms with E-state index in [1.807, 2.05) is 53.7 Å². The summed E-state index contributed by atoms with van der Waals surface area (Å²) in [7, 11) is 0. The molecule has 3 rings (SSSR count). The van der Waals surface area contributed by atoms with Gasteiger partial charge in [-0.25, -0.2) is 0 Å². The van der Waals surface area contributed by atoms with Crippen molar-refractivity contribution >= 4 is 17.3 Å². The van der Waals surface area contributed by atoms with Gasteiger partial charge in [0.05, 0.1) is 24.5 Å². The molecule has 1 heterocycles. The molecule has 0 spiro atoms. The third-order valence-electron chi connectivity index (χ3n) is 4.70. The summed E-state index contributed by atoms with van der Waals surface area (Å²) in [4.78, 5) is 14.3. The summed E-state index contributed by atoms with van der Waals surface area (Å²) >= 11 is -1.25. The summed E-state index contributed by atoms with van der Waals surface area (Å²) in [6.07, 6.45) is 1.72. The van der Waals surface area contributed by atoms with Crippen LogP contribution in [-0.2, 0) is 29.2 Å². The van der Waals surface area contributed by atoms with Crippen LogP contribution in [0.3, 0.4) is 0 Å². The Labute approximate surface area is 169 Å². The molecule has 2 aromatic carbocycles. The Morgan fingerprint density at radius 3 is 2.75 bits per heavy atom. The molecule has 1 aliphatic rings. The number of amides is 1. The van der Waals surface area contributed by atoms with Crippen LogP contribution in [0.25, 0.3) is 0 Å². The largest absolute Gasteiger partial charge is 0.593 e. The van der Waals surface area contributed by atoms with E-state index in [9.17, 15) is 9.35 Å². The van der Waals surface area contributed by atoms with Gasteiger partial charge in [0.2, 0.25) is 5.91 Å². The molecule has 0 N–H and O–H groups in total. The van der Waals surface area contributed by atoms with Crippen molar-refractivity contribution in [2.75, 3.05) is 19.7 Å². The zero-order chi connectivity index (χ0) is 20.1. The molecule has 0 bridgehead atoms. The van der Waals surface area contributed by atoms with Gasteiger partial charge in [0.15, 0.2) is 4.90 Å². The molecule has 1 aliphatic heterocycles. The Kier molecular flexibility index (Phi) is 6.78. The Bertz CT molecular complexity index is 838. The Morgan fingerprint density at radius 2 is 2.07 bits per heavy atom. The second-order valence-corrected chi connectivity index (χ2v) is 8.39. The lowest BCUT2D eigenvalue weighted by Crippen LogP contribution is -2.32. The zero-order valence-electron chi connectivity index (χ0n) is 16.4. The molecular weight excluding hydrogens is 372 g/mol. The topological polar surface area (TPSA) is 55.8 Å². The molecular formula is C22H26N2O3S. The van der Waals surface area contributed by atoms with Gasteiger partial charge in [-0.3, -0.25) is 4.79 Å². The molecule has 6 heteroatoms. The van der Waals surface area contributed by atoms with Gasteiger partial charge in [0.1, 0.15) is 12.4 Å². The zero-order valence-corrected chi connectivity index (χ0v) is 17.2. The van der Waals surface area contributed by atoms with Crippen LogP contribution in [0, 0.1) is 6.92 Å². The fraction of sp³-hybridized carbons (Fsp3) is 0.318. The maximum Gasteiger partial charge on any atom is 0.220 e. The number of carbonyl (C=O) groups excluding carboxylic acids is 1. The first kappa shape index (κ1) is 20.5. The number of carbonyl (C=O) groups is 1. The van der Waals surface area contributed by atoms with Gasteiger partial charge in [-0.05, 0) is 36.8 Å². The molecule has 148 valence electrons. The summed E-state index contributed by atoms with van der Waals surface area (Å²) in [6.45, 7) is 9.91. The van der Waals surface area contributed by atoms with Crippen LogP contribution >= 0.6 is 0 Å². The fourth-order valence-corrected chi connectivity index (χ4v) is 4.31. The Balaban J connectivity index is 1.79. The van der Waals surface area contributed by atoms with Crippen molar-refractivity contribution in [3.63, 3.8) is 0 Å². The monoisotopic (exact) mass is 398 g/mol. The average Bonchev–Trinajstić information content (AvgIpc) is 2.89. The Morgan fingerprint density at radius 1 is 1.32 bits per heavy atom. The standard InChI is InChI=1S/C22H26N2O3S/c1-4-11-23(18(3)25)15-19-7-10-22-20(14-19)16-24(12-13-27-22)28(26)21-8-5-17(2)6-9-21/h4-10,14H,1,11-13,15-16H2,2-3H3. The highest BCUT2D eigenvalue weighted by molar-refractivity contribution is 7.89. The number of hydrogen-bond donors (Lipinski definition) is 0. The molecule has 28 heavy (non-hydrogen) atoms. The van der Waals surface area contributed by atoms with Gasteiger partial charge in [0.25, 0.3) is 0 Å². The predicted octanol–water partition coefficient (Wildman–Crippen LogP) is 3.45. The summed E-state index contributed by atoms with van der Waals surface area (Å²) < 4.78 is 20.8. The average molecular weight is 399 g/mol. The summed E-state index contributed by atoms with van der Waals surface area (Å²) in [5, 5.41) is 0. The molecule has 1 atom stereocenters. The minimum atomic E-state index is -1.25. The highest BCUT2D eigenvalue weighted by atomic mass is 32.2. The van der Waals surface area contributed by atoms with E-state index in [1.165, 1.54) is 0 Å². The molecule has 1 amide bonds. The van der Waals surface area contributed by atoms with Gasteiger partial charge < -0.3 is 14.2 Å². The molecule has 1 unspecified atom stereocenters. The molecule has 0 saturated carbocycles. The predicted molar refractivity (Wildman–Crippen MR) is 111 cm³/mol. The van der Waals surface area contributed by atoms with Crippen LogP contribution in [-0.4, -0.2) is 39.4 Å². The molecule has 0 aromatic heterocycles. The fourth-order valence-electron chi connectivity index (χ4n) is 3.15. The van der Waals surface area contributed by atoms with Gasteiger partial charge in [-0.1, -0.05) is 29.8 Å². The molecule has 0 radical (unpaired) electrons. The van der Waals surface area contributed by atoms with E-state index in [1.54, 1.807) is 17.9 Å². The second-order valence-electron chi connectivity index (χ2n) is 6.90. The lowest BCUT2D eigenvalue weighted by atomic mass is 10.1. The van der Waals surface area contributed by atoms with Gasteiger partial charge in [-0.2, -0.15) is 0 Å². The van der Waals surface area contributed by atoms with Crippen LogP contribution < -0.4 is 4.74 Å². The van der Waals surface area contributed by atoms with E-state index in [2.05, 4.69) is 6.58 Å². The first-order chi connectivity index (χ1) is 13.5. The minimum absolute atomic E-state index is 0.00759. The number of hydrogen-bond acceptors (Lipinski definition) is 4. The van der Waals surface area contributed by atoms with Crippen molar-refractivity contribution in [1.82, 2.24) is 9.21 Å². The summed E-state index contributed by atoms with van der Waals surface area (Å²) in [6, 6.07) is 13.7. The SMILES string of the molecule is C=CCN(Cc1ccc2c(c1)CN([S+]([O-])c1ccc(C)cc1)CCO2)C(C)=O. The van der Waals surface area contributed by atoms with Crippen molar-refractivity contribution in [2.24, 2.45) is 0 Å². The molecule has 2 aromatic rings. The quantitative estimate of drug-likeness (QED) is 0.552. The van der Waals surface area contributed by atoms with Crippen LogP contribution in [0.1, 0.15) is 23.6 Å². The third-order valence-corrected chi connectivity index (χ3v) is 6.15. The van der Waals surface area contributed by atoms with Crippen molar-refractivity contribution in [3.05, 3.63) is 71.8 Å². The number of ether oxygens (including phenoxy) is 1. The minimum Gasteiger partial charge on any atom is -0.593 e. The number of aryl methyl sites for hydroxylation is 1. The van der Waals surface area contributed by atoms with Crippen molar-refractivity contribution < 1.29 is 14.1 Å². The summed E-state index contributed by atoms with van der Waals surface area (Å²) in [5.41, 5.74) is 3.14. The van der Waals surface area contributed by atoms with E-state index in [4.69, 9.17) is 4.74 Å². The third kappa shape index (κ3) is 4.95. The normalized spacial score (nSPS) is 15.1. The van der Waals surface area contributed by atoms with E-state index >= 15 is 0 Å². The first-order valence-corrected chi connectivity index (χ1v) is 10.4. The van der Waals surface area contributed by atoms with Gasteiger partial charge in [0, 0.05) is 25.6 Å². The van der Waals surface area contributed by atoms with Crippen LogP contribution in [0.2, 0.25) is 0 Å². The smallest absolute Gasteiger partial charge is 0.220 e. The van der Waals surface area contributed by atoms with Crippen LogP contribution in [0.4, 0.5) is 0 Å². The van der Waals surface area contributed by atoms with Crippen LogP contribution in [0.5, 0.6) is 5.75 Å². The Hall–Kier alpha value is -2.28. The molecule has 0 aliphatic carbocycles. The number of fused-ring (bicyclic) bond motifs is 1. The molecule has 0 fully saturated rings. The maximum atomic E-state index is 13.0. The summed E-state index contributed by atoms with van der Waals surface area (Å²) in [5.74, 6) is 0.818. The van der Waals surface area contributed by atoms with Crippen LogP contribution in [0.15, 0.2) is 60.0 Å². The number of nitrogens with zero attached hydrogens (tertiary/aromatic N) is 2. The van der Waals surface area contributed by atoms with Crippen molar-refractivity contribution in [3.8, 4) is 5.75 Å². The van der Waals surface area contributed by atoms with E-state index in [0.29, 0.717) is 32.8 Å².